The molecule has 29 heavy (non-hydrogen) atoms. The first-order valence-electron chi connectivity index (χ1n) is 10.0. The maximum atomic E-state index is 12.6. The number of benzene rings is 2. The van der Waals surface area contributed by atoms with Crippen LogP contribution in [0.25, 0.3) is 0 Å². The summed E-state index contributed by atoms with van der Waals surface area (Å²) >= 11 is 0. The molecule has 6 nitrogen and oxygen atoms in total. The number of hydrogen-bond donors (Lipinski definition) is 1. The molecule has 1 N–H and O–H groups in total. The average Bonchev–Trinajstić information content (AvgIpc) is 2.99. The zero-order valence-corrected chi connectivity index (χ0v) is 17.6. The highest BCUT2D eigenvalue weighted by molar-refractivity contribution is 7.88. The van der Waals surface area contributed by atoms with Gasteiger partial charge in [-0.1, -0.05) is 60.7 Å². The molecular formula is C22H29N3O3S. The van der Waals surface area contributed by atoms with E-state index in [1.165, 1.54) is 21.7 Å². The van der Waals surface area contributed by atoms with E-state index in [-0.39, 0.29) is 11.9 Å². The molecule has 0 spiro atoms. The number of amides is 2. The van der Waals surface area contributed by atoms with Crippen LogP contribution in [0.5, 0.6) is 0 Å². The minimum absolute atomic E-state index is 0.125. The van der Waals surface area contributed by atoms with Crippen molar-refractivity contribution in [2.75, 3.05) is 39.0 Å². The van der Waals surface area contributed by atoms with Gasteiger partial charge in [-0.3, -0.25) is 0 Å². The lowest BCUT2D eigenvalue weighted by atomic mass is 9.88. The highest BCUT2D eigenvalue weighted by Crippen LogP contribution is 2.27. The highest BCUT2D eigenvalue weighted by atomic mass is 32.2. The monoisotopic (exact) mass is 415 g/mol. The molecule has 1 fully saturated rings. The maximum absolute atomic E-state index is 12.6. The van der Waals surface area contributed by atoms with Crippen molar-refractivity contribution in [2.45, 2.75) is 18.8 Å². The van der Waals surface area contributed by atoms with E-state index in [2.05, 4.69) is 29.6 Å². The summed E-state index contributed by atoms with van der Waals surface area (Å²) in [6, 6.07) is 20.5. The minimum Gasteiger partial charge on any atom is -0.338 e. The number of rotatable bonds is 6. The number of nitrogens with one attached hydrogen (secondary N) is 1. The van der Waals surface area contributed by atoms with Crippen molar-refractivity contribution < 1.29 is 13.2 Å². The molecule has 0 radical (unpaired) electrons. The van der Waals surface area contributed by atoms with Gasteiger partial charge in [0.15, 0.2) is 0 Å². The van der Waals surface area contributed by atoms with Gasteiger partial charge in [0, 0.05) is 38.6 Å². The molecule has 0 atom stereocenters. The average molecular weight is 416 g/mol. The number of hydrogen-bond acceptors (Lipinski definition) is 3. The molecular weight excluding hydrogens is 386 g/mol. The molecule has 2 aromatic carbocycles. The van der Waals surface area contributed by atoms with Gasteiger partial charge in [0.2, 0.25) is 10.0 Å². The topological polar surface area (TPSA) is 69.7 Å². The first-order chi connectivity index (χ1) is 13.9. The van der Waals surface area contributed by atoms with Gasteiger partial charge in [-0.2, -0.15) is 0 Å². The molecule has 3 rings (SSSR count). The van der Waals surface area contributed by atoms with Crippen LogP contribution in [0.1, 0.15) is 29.9 Å². The van der Waals surface area contributed by atoms with Crippen LogP contribution in [0.15, 0.2) is 60.7 Å². The van der Waals surface area contributed by atoms with E-state index in [1.807, 2.05) is 36.4 Å². The minimum atomic E-state index is -3.21. The molecule has 156 valence electrons. The number of nitrogens with zero attached hydrogens (tertiary/aromatic N) is 2. The van der Waals surface area contributed by atoms with Crippen molar-refractivity contribution in [1.29, 1.82) is 0 Å². The Labute approximate surface area is 173 Å². The van der Waals surface area contributed by atoms with Crippen molar-refractivity contribution in [2.24, 2.45) is 0 Å². The van der Waals surface area contributed by atoms with Crippen molar-refractivity contribution >= 4 is 16.1 Å². The third-order valence-corrected chi connectivity index (χ3v) is 6.63. The smallest absolute Gasteiger partial charge is 0.317 e. The summed E-state index contributed by atoms with van der Waals surface area (Å²) in [6.07, 6.45) is 2.66. The van der Waals surface area contributed by atoms with E-state index in [0.29, 0.717) is 39.1 Å². The summed E-state index contributed by atoms with van der Waals surface area (Å²) in [4.78, 5) is 14.3. The van der Waals surface area contributed by atoms with E-state index in [4.69, 9.17) is 0 Å². The first-order valence-corrected chi connectivity index (χ1v) is 11.9. The molecule has 0 unspecified atom stereocenters. The summed E-state index contributed by atoms with van der Waals surface area (Å²) in [5, 5.41) is 3.02. The maximum Gasteiger partial charge on any atom is 0.317 e. The van der Waals surface area contributed by atoms with Gasteiger partial charge in [-0.05, 0) is 24.0 Å². The van der Waals surface area contributed by atoms with E-state index in [1.54, 1.807) is 4.90 Å². The molecule has 1 heterocycles. The van der Waals surface area contributed by atoms with Crippen molar-refractivity contribution in [3.05, 3.63) is 71.8 Å². The van der Waals surface area contributed by atoms with Gasteiger partial charge in [-0.25, -0.2) is 17.5 Å². The fourth-order valence-electron chi connectivity index (χ4n) is 3.76. The molecule has 2 amide bonds. The Hall–Kier alpha value is -2.38. The van der Waals surface area contributed by atoms with Crippen molar-refractivity contribution in [3.63, 3.8) is 0 Å². The molecule has 1 saturated heterocycles. The lowest BCUT2D eigenvalue weighted by Gasteiger charge is -2.23. The second-order valence-corrected chi connectivity index (χ2v) is 9.38. The van der Waals surface area contributed by atoms with E-state index in [9.17, 15) is 13.2 Å². The second kappa shape index (κ2) is 9.89. The van der Waals surface area contributed by atoms with Crippen molar-refractivity contribution in [1.82, 2.24) is 14.5 Å². The Morgan fingerprint density at radius 1 is 0.931 bits per heavy atom. The highest BCUT2D eigenvalue weighted by Gasteiger charge is 2.24. The zero-order valence-electron chi connectivity index (χ0n) is 16.8. The van der Waals surface area contributed by atoms with Crippen LogP contribution in [0.2, 0.25) is 0 Å². The largest absolute Gasteiger partial charge is 0.338 e. The Kier molecular flexibility index (Phi) is 7.28. The van der Waals surface area contributed by atoms with E-state index < -0.39 is 10.0 Å². The SMILES string of the molecule is CS(=O)(=O)N1CCCN(C(=O)NCCC(c2ccccc2)c2ccccc2)CC1. The standard InChI is InChI=1S/C22H29N3O3S/c1-29(27,28)25-16-8-15-24(17-18-25)22(26)23-14-13-21(19-9-4-2-5-10-19)20-11-6-3-7-12-20/h2-7,9-12,21H,8,13-18H2,1H3,(H,23,26). The first kappa shape index (κ1) is 21.3. The summed E-state index contributed by atoms with van der Waals surface area (Å²) < 4.78 is 24.9. The zero-order chi connectivity index (χ0) is 20.7. The van der Waals surface area contributed by atoms with Gasteiger partial charge in [0.1, 0.15) is 0 Å². The van der Waals surface area contributed by atoms with Crippen LogP contribution in [0.4, 0.5) is 4.79 Å². The predicted octanol–water partition coefficient (Wildman–Crippen LogP) is 2.89. The molecule has 1 aliphatic rings. The number of carbonyl (C=O) groups is 1. The predicted molar refractivity (Wildman–Crippen MR) is 115 cm³/mol. The fraction of sp³-hybridized carbons (Fsp3) is 0.409. The molecule has 7 heteroatoms. The Morgan fingerprint density at radius 2 is 1.52 bits per heavy atom. The number of carbonyl (C=O) groups excluding carboxylic acids is 1. The Bertz CT molecular complexity index is 849. The normalized spacial score (nSPS) is 15.9. The van der Waals surface area contributed by atoms with Crippen LogP contribution in [-0.2, 0) is 10.0 Å². The number of sulfonamides is 1. The van der Waals surface area contributed by atoms with Crippen LogP contribution in [-0.4, -0.2) is 62.6 Å². The lowest BCUT2D eigenvalue weighted by Crippen LogP contribution is -2.43. The fourth-order valence-corrected chi connectivity index (χ4v) is 4.63. The van der Waals surface area contributed by atoms with Gasteiger partial charge in [0.05, 0.1) is 6.26 Å². The van der Waals surface area contributed by atoms with Gasteiger partial charge in [0.25, 0.3) is 0 Å². The molecule has 1 aliphatic heterocycles. The molecule has 2 aromatic rings. The molecule has 0 aliphatic carbocycles. The summed E-state index contributed by atoms with van der Waals surface area (Å²) in [5.74, 6) is 0.211. The lowest BCUT2D eigenvalue weighted by molar-refractivity contribution is 0.200. The van der Waals surface area contributed by atoms with Crippen LogP contribution in [0, 0.1) is 0 Å². The van der Waals surface area contributed by atoms with Crippen LogP contribution in [0.3, 0.4) is 0 Å². The van der Waals surface area contributed by atoms with Crippen LogP contribution >= 0.6 is 0 Å². The van der Waals surface area contributed by atoms with E-state index in [0.717, 1.165) is 6.42 Å². The van der Waals surface area contributed by atoms with Gasteiger partial charge >= 0.3 is 6.03 Å². The second-order valence-electron chi connectivity index (χ2n) is 7.40. The third-order valence-electron chi connectivity index (χ3n) is 5.32. The van der Waals surface area contributed by atoms with Gasteiger partial charge in [-0.15, -0.1) is 0 Å². The summed E-state index contributed by atoms with van der Waals surface area (Å²) in [6.45, 7) is 2.35. The van der Waals surface area contributed by atoms with E-state index >= 15 is 0 Å². The summed E-state index contributed by atoms with van der Waals surface area (Å²) in [5.41, 5.74) is 2.46. The molecule has 0 bridgehead atoms. The Morgan fingerprint density at radius 3 is 2.07 bits per heavy atom. The molecule has 0 saturated carbocycles. The quantitative estimate of drug-likeness (QED) is 0.789. The Balaban J connectivity index is 1.57. The third kappa shape index (κ3) is 6.05. The van der Waals surface area contributed by atoms with Crippen molar-refractivity contribution in [3.8, 4) is 0 Å². The van der Waals surface area contributed by atoms with Gasteiger partial charge < -0.3 is 10.2 Å². The summed E-state index contributed by atoms with van der Waals surface area (Å²) in [7, 11) is -3.21. The van der Waals surface area contributed by atoms with Crippen LogP contribution < -0.4 is 5.32 Å². The molecule has 0 aromatic heterocycles. The number of urea groups is 1.